The standard InChI is InChI=1S/C13H11F3N2O4/c1-21-4-5-22-9-3-2-7-6-8(12(19)20)10(13(14,15)16)18-11(7)17-9/h2-3,6H,4-5H2,1H3,(H,19,20). The molecule has 0 atom stereocenters. The van der Waals surface area contributed by atoms with E-state index in [0.29, 0.717) is 6.61 Å². The first-order valence-electron chi connectivity index (χ1n) is 6.07. The lowest BCUT2D eigenvalue weighted by Gasteiger charge is -2.11. The highest BCUT2D eigenvalue weighted by Crippen LogP contribution is 2.32. The van der Waals surface area contributed by atoms with Crippen LogP contribution in [0, 0.1) is 0 Å². The van der Waals surface area contributed by atoms with E-state index in [4.69, 9.17) is 14.6 Å². The summed E-state index contributed by atoms with van der Waals surface area (Å²) in [5, 5.41) is 9.06. The van der Waals surface area contributed by atoms with Crippen LogP contribution < -0.4 is 4.74 Å². The number of fused-ring (bicyclic) bond motifs is 1. The summed E-state index contributed by atoms with van der Waals surface area (Å²) >= 11 is 0. The molecule has 6 nitrogen and oxygen atoms in total. The maximum atomic E-state index is 12.9. The van der Waals surface area contributed by atoms with Crippen LogP contribution in [0.5, 0.6) is 5.88 Å². The lowest BCUT2D eigenvalue weighted by Crippen LogP contribution is -2.16. The molecule has 0 spiro atoms. The molecule has 0 amide bonds. The first-order valence-corrected chi connectivity index (χ1v) is 6.07. The number of hydrogen-bond donors (Lipinski definition) is 1. The second-order valence-electron chi connectivity index (χ2n) is 4.22. The summed E-state index contributed by atoms with van der Waals surface area (Å²) < 4.78 is 48.6. The molecule has 2 aromatic rings. The summed E-state index contributed by atoms with van der Waals surface area (Å²) in [5.74, 6) is -1.63. The Morgan fingerprint density at radius 3 is 2.59 bits per heavy atom. The van der Waals surface area contributed by atoms with E-state index in [-0.39, 0.29) is 23.5 Å². The van der Waals surface area contributed by atoms with Crippen LogP contribution in [0.1, 0.15) is 16.1 Å². The van der Waals surface area contributed by atoms with E-state index in [1.807, 2.05) is 0 Å². The Bertz CT molecular complexity index is 703. The highest BCUT2D eigenvalue weighted by Gasteiger charge is 2.38. The van der Waals surface area contributed by atoms with Gasteiger partial charge in [-0.2, -0.15) is 18.2 Å². The van der Waals surface area contributed by atoms with Gasteiger partial charge in [0.25, 0.3) is 0 Å². The minimum absolute atomic E-state index is 0.0771. The van der Waals surface area contributed by atoms with E-state index >= 15 is 0 Å². The Hall–Kier alpha value is -2.42. The first kappa shape index (κ1) is 16.0. The van der Waals surface area contributed by atoms with E-state index in [2.05, 4.69) is 9.97 Å². The topological polar surface area (TPSA) is 81.5 Å². The molecule has 0 radical (unpaired) electrons. The van der Waals surface area contributed by atoms with Gasteiger partial charge in [-0.15, -0.1) is 0 Å². The molecule has 0 unspecified atom stereocenters. The minimum Gasteiger partial charge on any atom is -0.478 e. The fourth-order valence-corrected chi connectivity index (χ4v) is 1.72. The van der Waals surface area contributed by atoms with E-state index < -0.39 is 23.4 Å². The van der Waals surface area contributed by atoms with Crippen LogP contribution >= 0.6 is 0 Å². The fraction of sp³-hybridized carbons (Fsp3) is 0.308. The molecule has 0 aliphatic rings. The van der Waals surface area contributed by atoms with E-state index in [0.717, 1.165) is 6.07 Å². The summed E-state index contributed by atoms with van der Waals surface area (Å²) in [6.45, 7) is 0.466. The molecule has 2 aromatic heterocycles. The van der Waals surface area contributed by atoms with Gasteiger partial charge in [-0.05, 0) is 12.1 Å². The Morgan fingerprint density at radius 2 is 2.00 bits per heavy atom. The van der Waals surface area contributed by atoms with Crippen LogP contribution in [0.2, 0.25) is 0 Å². The molecule has 1 N–H and O–H groups in total. The molecule has 118 valence electrons. The van der Waals surface area contributed by atoms with Crippen molar-refractivity contribution in [2.24, 2.45) is 0 Å². The summed E-state index contributed by atoms with van der Waals surface area (Å²) in [4.78, 5) is 18.1. The molecule has 0 aromatic carbocycles. The van der Waals surface area contributed by atoms with Gasteiger partial charge in [-0.3, -0.25) is 0 Å². The van der Waals surface area contributed by atoms with Crippen LogP contribution in [0.15, 0.2) is 18.2 Å². The van der Waals surface area contributed by atoms with Crippen LogP contribution in [0.25, 0.3) is 11.0 Å². The van der Waals surface area contributed by atoms with Gasteiger partial charge in [0.2, 0.25) is 5.88 Å². The molecule has 0 aliphatic carbocycles. The van der Waals surface area contributed by atoms with Gasteiger partial charge in [0.1, 0.15) is 6.61 Å². The zero-order valence-corrected chi connectivity index (χ0v) is 11.3. The quantitative estimate of drug-likeness (QED) is 0.853. The van der Waals surface area contributed by atoms with Crippen molar-refractivity contribution < 1.29 is 32.5 Å². The number of nitrogens with zero attached hydrogens (tertiary/aromatic N) is 2. The molecular weight excluding hydrogens is 305 g/mol. The van der Waals surface area contributed by atoms with Gasteiger partial charge in [-0.1, -0.05) is 0 Å². The molecule has 2 heterocycles. The van der Waals surface area contributed by atoms with E-state index in [1.54, 1.807) is 0 Å². The number of carbonyl (C=O) groups is 1. The summed E-state index contributed by atoms with van der Waals surface area (Å²) in [6.07, 6.45) is -4.89. The minimum atomic E-state index is -4.89. The number of pyridine rings is 2. The van der Waals surface area contributed by atoms with Crippen molar-refractivity contribution in [1.29, 1.82) is 0 Å². The lowest BCUT2D eigenvalue weighted by molar-refractivity contribution is -0.141. The van der Waals surface area contributed by atoms with Gasteiger partial charge >= 0.3 is 12.1 Å². The van der Waals surface area contributed by atoms with Crippen molar-refractivity contribution >= 4 is 17.0 Å². The Labute approximate surface area is 122 Å². The number of ether oxygens (including phenoxy) is 2. The molecule has 0 fully saturated rings. The number of alkyl halides is 3. The average molecular weight is 316 g/mol. The Morgan fingerprint density at radius 1 is 1.27 bits per heavy atom. The number of hydrogen-bond acceptors (Lipinski definition) is 5. The van der Waals surface area contributed by atoms with E-state index in [9.17, 15) is 18.0 Å². The molecule has 0 aliphatic heterocycles. The number of methoxy groups -OCH3 is 1. The normalized spacial score (nSPS) is 11.6. The van der Waals surface area contributed by atoms with Gasteiger partial charge in [0.05, 0.1) is 12.2 Å². The van der Waals surface area contributed by atoms with Gasteiger partial charge in [0.15, 0.2) is 11.3 Å². The third-order valence-electron chi connectivity index (χ3n) is 2.69. The van der Waals surface area contributed by atoms with Crippen molar-refractivity contribution in [2.45, 2.75) is 6.18 Å². The molecular formula is C13H11F3N2O4. The lowest BCUT2D eigenvalue weighted by atomic mass is 10.1. The van der Waals surface area contributed by atoms with Crippen LogP contribution in [0.4, 0.5) is 13.2 Å². The summed E-state index contributed by atoms with van der Waals surface area (Å²) in [5.41, 5.74) is -2.66. The first-order chi connectivity index (χ1) is 10.3. The monoisotopic (exact) mass is 316 g/mol. The maximum absolute atomic E-state index is 12.9. The van der Waals surface area contributed by atoms with Crippen LogP contribution in [-0.4, -0.2) is 41.4 Å². The van der Waals surface area contributed by atoms with Crippen molar-refractivity contribution in [2.75, 3.05) is 20.3 Å². The summed E-state index contributed by atoms with van der Waals surface area (Å²) in [7, 11) is 1.47. The SMILES string of the molecule is COCCOc1ccc2cc(C(=O)O)c(C(F)(F)F)nc2n1. The smallest absolute Gasteiger partial charge is 0.434 e. The number of carboxylic acids is 1. The molecule has 22 heavy (non-hydrogen) atoms. The van der Waals surface area contributed by atoms with Crippen LogP contribution in [-0.2, 0) is 10.9 Å². The predicted molar refractivity (Wildman–Crippen MR) is 68.9 cm³/mol. The number of aromatic carboxylic acids is 1. The molecule has 9 heteroatoms. The zero-order valence-electron chi connectivity index (χ0n) is 11.3. The zero-order chi connectivity index (χ0) is 16.3. The third kappa shape index (κ3) is 3.42. The largest absolute Gasteiger partial charge is 0.478 e. The van der Waals surface area contributed by atoms with Crippen molar-refractivity contribution in [3.05, 3.63) is 29.5 Å². The number of aromatic nitrogens is 2. The molecule has 2 rings (SSSR count). The van der Waals surface area contributed by atoms with Gasteiger partial charge in [-0.25, -0.2) is 9.78 Å². The molecule has 0 saturated heterocycles. The van der Waals surface area contributed by atoms with Gasteiger partial charge in [0, 0.05) is 18.6 Å². The Kier molecular flexibility index (Phi) is 4.45. The summed E-state index contributed by atoms with van der Waals surface area (Å²) in [6, 6.07) is 3.70. The highest BCUT2D eigenvalue weighted by atomic mass is 19.4. The van der Waals surface area contributed by atoms with Crippen LogP contribution in [0.3, 0.4) is 0 Å². The van der Waals surface area contributed by atoms with Gasteiger partial charge < -0.3 is 14.6 Å². The van der Waals surface area contributed by atoms with Crippen molar-refractivity contribution in [3.8, 4) is 5.88 Å². The maximum Gasteiger partial charge on any atom is 0.434 e. The number of carboxylic acid groups (broad SMARTS) is 1. The third-order valence-corrected chi connectivity index (χ3v) is 2.69. The second-order valence-corrected chi connectivity index (χ2v) is 4.22. The second kappa shape index (κ2) is 6.14. The van der Waals surface area contributed by atoms with Crippen molar-refractivity contribution in [3.63, 3.8) is 0 Å². The molecule has 0 bridgehead atoms. The fourth-order valence-electron chi connectivity index (χ4n) is 1.72. The Balaban J connectivity index is 2.49. The average Bonchev–Trinajstić information content (AvgIpc) is 2.45. The van der Waals surface area contributed by atoms with Crippen molar-refractivity contribution in [1.82, 2.24) is 9.97 Å². The predicted octanol–water partition coefficient (Wildman–Crippen LogP) is 2.37. The number of halogens is 3. The molecule has 0 saturated carbocycles. The number of rotatable bonds is 5. The van der Waals surface area contributed by atoms with E-state index in [1.165, 1.54) is 19.2 Å². The highest BCUT2D eigenvalue weighted by molar-refractivity contribution is 5.93.